The van der Waals surface area contributed by atoms with E-state index in [-0.39, 0.29) is 0 Å². The Morgan fingerprint density at radius 3 is 1.39 bits per heavy atom. The molecule has 0 radical (unpaired) electrons. The third-order valence-electron chi connectivity index (χ3n) is 5.37. The third-order valence-corrected chi connectivity index (χ3v) is 5.37. The van der Waals surface area contributed by atoms with Crippen molar-refractivity contribution in [3.63, 3.8) is 0 Å². The summed E-state index contributed by atoms with van der Waals surface area (Å²) in [6.07, 6.45) is 0. The van der Waals surface area contributed by atoms with Gasteiger partial charge in [-0.05, 0) is 80.6 Å². The highest BCUT2D eigenvalue weighted by Gasteiger charge is 2.30. The molecule has 0 aromatic heterocycles. The second-order valence-corrected chi connectivity index (χ2v) is 6.95. The Morgan fingerprint density at radius 1 is 0.571 bits per heavy atom. The quantitative estimate of drug-likeness (QED) is 0.379. The van der Waals surface area contributed by atoms with Crippen molar-refractivity contribution in [2.24, 2.45) is 0 Å². The molecule has 0 fully saturated rings. The smallest absolute Gasteiger partial charge is 0.118 e. The highest BCUT2D eigenvalue weighted by molar-refractivity contribution is 6.18. The van der Waals surface area contributed by atoms with E-state index in [4.69, 9.17) is 9.47 Å². The maximum absolute atomic E-state index is 5.34. The van der Waals surface area contributed by atoms with Crippen LogP contribution < -0.4 is 9.47 Å². The molecule has 0 bridgehead atoms. The van der Waals surface area contributed by atoms with Gasteiger partial charge in [0.25, 0.3) is 0 Å². The van der Waals surface area contributed by atoms with Crippen molar-refractivity contribution >= 4 is 21.9 Å². The fourth-order valence-electron chi connectivity index (χ4n) is 3.84. The van der Waals surface area contributed by atoms with E-state index in [9.17, 15) is 0 Å². The van der Waals surface area contributed by atoms with Gasteiger partial charge in [0.2, 0.25) is 0 Å². The van der Waals surface area contributed by atoms with Gasteiger partial charge >= 0.3 is 0 Å². The number of rotatable bonds is 4. The molecule has 0 heterocycles. The van der Waals surface area contributed by atoms with Crippen molar-refractivity contribution in [1.29, 1.82) is 0 Å². The molecule has 4 aromatic carbocycles. The van der Waals surface area contributed by atoms with E-state index in [0.29, 0.717) is 0 Å². The Labute approximate surface area is 164 Å². The van der Waals surface area contributed by atoms with Gasteiger partial charge in [-0.1, -0.05) is 48.5 Å². The molecule has 136 valence electrons. The SMILES string of the molecule is COc1ccc(C(=C2c3cc4ccccc4cc32)c2ccc(OC)cc2)cc1. The van der Waals surface area contributed by atoms with Crippen molar-refractivity contribution in [3.8, 4) is 11.5 Å². The van der Waals surface area contributed by atoms with Crippen LogP contribution in [0.3, 0.4) is 0 Å². The van der Waals surface area contributed by atoms with Crippen LogP contribution >= 0.6 is 0 Å². The Bertz CT molecular complexity index is 1110. The minimum absolute atomic E-state index is 0.863. The summed E-state index contributed by atoms with van der Waals surface area (Å²) in [7, 11) is 3.39. The molecule has 0 aliphatic heterocycles. The predicted molar refractivity (Wildman–Crippen MR) is 115 cm³/mol. The first kappa shape index (κ1) is 16.6. The van der Waals surface area contributed by atoms with Crippen LogP contribution in [0.5, 0.6) is 11.5 Å². The maximum atomic E-state index is 5.34. The molecule has 1 aliphatic rings. The first-order valence-electron chi connectivity index (χ1n) is 9.35. The molecule has 0 saturated carbocycles. The average molecular weight is 364 g/mol. The molecule has 0 N–H and O–H groups in total. The van der Waals surface area contributed by atoms with Crippen LogP contribution in [-0.2, 0) is 0 Å². The molecule has 1 aliphatic carbocycles. The van der Waals surface area contributed by atoms with E-state index in [1.807, 2.05) is 24.3 Å². The molecule has 2 nitrogen and oxygen atoms in total. The minimum atomic E-state index is 0.863. The highest BCUT2D eigenvalue weighted by atomic mass is 16.5. The summed E-state index contributed by atoms with van der Waals surface area (Å²) in [5.41, 5.74) is 7.60. The van der Waals surface area contributed by atoms with Gasteiger partial charge in [-0.15, -0.1) is 0 Å². The summed E-state index contributed by atoms with van der Waals surface area (Å²) in [6, 6.07) is 29.7. The van der Waals surface area contributed by atoms with Crippen molar-refractivity contribution in [2.45, 2.75) is 0 Å². The van der Waals surface area contributed by atoms with Gasteiger partial charge in [0.05, 0.1) is 14.2 Å². The van der Waals surface area contributed by atoms with Gasteiger partial charge in [0, 0.05) is 0 Å². The molecule has 2 heteroatoms. The van der Waals surface area contributed by atoms with E-state index in [0.717, 1.165) is 11.5 Å². The normalized spacial score (nSPS) is 11.9. The Morgan fingerprint density at radius 2 is 1.00 bits per heavy atom. The number of benzene rings is 4. The number of methoxy groups -OCH3 is 2. The van der Waals surface area contributed by atoms with Gasteiger partial charge in [-0.3, -0.25) is 0 Å². The van der Waals surface area contributed by atoms with Gasteiger partial charge in [-0.2, -0.15) is 0 Å². The van der Waals surface area contributed by atoms with Gasteiger partial charge in [-0.25, -0.2) is 0 Å². The summed E-state index contributed by atoms with van der Waals surface area (Å²) in [5.74, 6) is 1.73. The van der Waals surface area contributed by atoms with E-state index in [2.05, 4.69) is 60.7 Å². The molecule has 0 unspecified atom stereocenters. The van der Waals surface area contributed by atoms with Crippen LogP contribution in [0.4, 0.5) is 0 Å². The van der Waals surface area contributed by atoms with Crippen molar-refractivity contribution in [1.82, 2.24) is 0 Å². The second kappa shape index (κ2) is 6.58. The Balaban J connectivity index is 1.70. The third kappa shape index (κ3) is 2.74. The van der Waals surface area contributed by atoms with Crippen LogP contribution in [-0.4, -0.2) is 14.2 Å². The zero-order chi connectivity index (χ0) is 19.1. The summed E-state index contributed by atoms with van der Waals surface area (Å²) in [5, 5.41) is 2.56. The van der Waals surface area contributed by atoms with E-state index in [1.54, 1.807) is 14.2 Å². The van der Waals surface area contributed by atoms with Gasteiger partial charge in [0.1, 0.15) is 11.5 Å². The second-order valence-electron chi connectivity index (χ2n) is 6.95. The molecule has 28 heavy (non-hydrogen) atoms. The molecule has 0 amide bonds. The van der Waals surface area contributed by atoms with Gasteiger partial charge in [0.15, 0.2) is 0 Å². The standard InChI is InChI=1S/C26H20O2/c1-27-21-11-7-17(8-12-21)25(18-9-13-22(28-2)14-10-18)26-23-15-19-5-3-4-6-20(19)16-24(23)26/h3-16H,1-2H3. The first-order chi connectivity index (χ1) is 13.8. The van der Waals surface area contributed by atoms with Gasteiger partial charge < -0.3 is 9.47 Å². The lowest BCUT2D eigenvalue weighted by atomic mass is 9.95. The van der Waals surface area contributed by atoms with Crippen LogP contribution in [0.25, 0.3) is 21.9 Å². The molecule has 5 rings (SSSR count). The number of ether oxygens (including phenoxy) is 2. The fraction of sp³-hybridized carbons (Fsp3) is 0.0769. The van der Waals surface area contributed by atoms with E-state index in [1.165, 1.54) is 44.2 Å². The predicted octanol–water partition coefficient (Wildman–Crippen LogP) is 6.18. The monoisotopic (exact) mass is 364 g/mol. The Kier molecular flexibility index (Phi) is 3.91. The number of hydrogen-bond donors (Lipinski definition) is 0. The largest absolute Gasteiger partial charge is 0.497 e. The van der Waals surface area contributed by atoms with Crippen LogP contribution in [0.2, 0.25) is 0 Å². The zero-order valence-corrected chi connectivity index (χ0v) is 15.9. The molecule has 0 atom stereocenters. The average Bonchev–Trinajstić information content (AvgIpc) is 3.45. The number of fused-ring (bicyclic) bond motifs is 2. The summed E-state index contributed by atoms with van der Waals surface area (Å²) >= 11 is 0. The first-order valence-corrected chi connectivity index (χ1v) is 9.35. The lowest BCUT2D eigenvalue weighted by Gasteiger charge is -2.10. The fourth-order valence-corrected chi connectivity index (χ4v) is 3.84. The molecule has 0 spiro atoms. The summed E-state index contributed by atoms with van der Waals surface area (Å²) < 4.78 is 10.7. The lowest BCUT2D eigenvalue weighted by Crippen LogP contribution is -1.90. The maximum Gasteiger partial charge on any atom is 0.118 e. The van der Waals surface area contributed by atoms with Crippen LogP contribution in [0.1, 0.15) is 22.3 Å². The van der Waals surface area contributed by atoms with E-state index >= 15 is 0 Å². The van der Waals surface area contributed by atoms with E-state index < -0.39 is 0 Å². The molecule has 0 saturated heterocycles. The summed E-state index contributed by atoms with van der Waals surface area (Å²) in [4.78, 5) is 0. The Hall–Kier alpha value is -3.52. The lowest BCUT2D eigenvalue weighted by molar-refractivity contribution is 0.414. The molecular formula is C26H20O2. The molecular weight excluding hydrogens is 344 g/mol. The van der Waals surface area contributed by atoms with Crippen LogP contribution in [0, 0.1) is 0 Å². The zero-order valence-electron chi connectivity index (χ0n) is 15.9. The highest BCUT2D eigenvalue weighted by Crippen LogP contribution is 2.51. The minimum Gasteiger partial charge on any atom is -0.497 e. The van der Waals surface area contributed by atoms with Crippen molar-refractivity contribution < 1.29 is 9.47 Å². The topological polar surface area (TPSA) is 18.5 Å². The van der Waals surface area contributed by atoms with Crippen molar-refractivity contribution in [2.75, 3.05) is 14.2 Å². The van der Waals surface area contributed by atoms with Crippen molar-refractivity contribution in [3.05, 3.63) is 107 Å². The summed E-state index contributed by atoms with van der Waals surface area (Å²) in [6.45, 7) is 0. The number of hydrogen-bond acceptors (Lipinski definition) is 2. The van der Waals surface area contributed by atoms with Crippen LogP contribution in [0.15, 0.2) is 84.9 Å². The molecule has 4 aromatic rings.